The Balaban J connectivity index is 0.00000176. The molecule has 5 nitrogen and oxygen atoms in total. The highest BCUT2D eigenvalue weighted by Crippen LogP contribution is 2.22. The van der Waals surface area contributed by atoms with Crippen molar-refractivity contribution in [3.05, 3.63) is 42.2 Å². The van der Waals surface area contributed by atoms with Crippen molar-refractivity contribution in [2.24, 2.45) is 5.73 Å². The number of likely N-dealkylation sites (tertiary alicyclic amines) is 1. The van der Waals surface area contributed by atoms with Gasteiger partial charge in [0.25, 0.3) is 5.91 Å². The number of halogens is 1. The van der Waals surface area contributed by atoms with Gasteiger partial charge in [-0.05, 0) is 19.3 Å². The maximum atomic E-state index is 12.6. The third-order valence-corrected chi connectivity index (χ3v) is 3.95. The molecular weight excluding hydrogens is 302 g/mol. The molecule has 2 aromatic rings. The summed E-state index contributed by atoms with van der Waals surface area (Å²) in [5.41, 5.74) is 7.39. The molecular formula is C16H20ClN3O2. The summed E-state index contributed by atoms with van der Waals surface area (Å²) in [4.78, 5) is 14.4. The molecule has 1 aromatic carbocycles. The number of carbonyl (C=O) groups excluding carboxylic acids is 1. The van der Waals surface area contributed by atoms with Crippen LogP contribution in [0.4, 0.5) is 0 Å². The highest BCUT2D eigenvalue weighted by molar-refractivity contribution is 5.92. The maximum absolute atomic E-state index is 12.6. The first-order valence-corrected chi connectivity index (χ1v) is 7.33. The van der Waals surface area contributed by atoms with Crippen LogP contribution in [0.1, 0.15) is 29.8 Å². The van der Waals surface area contributed by atoms with Crippen molar-refractivity contribution in [2.75, 3.05) is 13.1 Å². The fourth-order valence-corrected chi connectivity index (χ4v) is 2.78. The minimum absolute atomic E-state index is 0. The molecule has 1 atom stereocenters. The number of amides is 1. The van der Waals surface area contributed by atoms with Crippen LogP contribution in [0.15, 0.2) is 40.9 Å². The Morgan fingerprint density at radius 3 is 2.82 bits per heavy atom. The lowest BCUT2D eigenvalue weighted by Crippen LogP contribution is -2.47. The molecule has 1 aliphatic rings. The quantitative estimate of drug-likeness (QED) is 0.943. The van der Waals surface area contributed by atoms with E-state index in [0.29, 0.717) is 12.2 Å². The van der Waals surface area contributed by atoms with Crippen LogP contribution < -0.4 is 5.73 Å². The van der Waals surface area contributed by atoms with Gasteiger partial charge in [-0.3, -0.25) is 4.79 Å². The molecule has 1 saturated heterocycles. The van der Waals surface area contributed by atoms with E-state index in [1.165, 1.54) is 0 Å². The first-order chi connectivity index (χ1) is 10.3. The summed E-state index contributed by atoms with van der Waals surface area (Å²) in [6.45, 7) is 1.23. The zero-order chi connectivity index (χ0) is 14.7. The van der Waals surface area contributed by atoms with Crippen molar-refractivity contribution in [3.63, 3.8) is 0 Å². The van der Waals surface area contributed by atoms with E-state index in [1.54, 1.807) is 6.07 Å². The number of nitrogens with two attached hydrogens (primary N) is 1. The van der Waals surface area contributed by atoms with Crippen LogP contribution in [0.3, 0.4) is 0 Å². The van der Waals surface area contributed by atoms with Gasteiger partial charge in [0.15, 0.2) is 0 Å². The van der Waals surface area contributed by atoms with E-state index in [-0.39, 0.29) is 30.1 Å². The zero-order valence-corrected chi connectivity index (χ0v) is 13.1. The van der Waals surface area contributed by atoms with Gasteiger partial charge in [-0.25, -0.2) is 0 Å². The standard InChI is InChI=1S/C16H19N3O2.ClH/c17-11-13-8-4-5-9-19(13)16(20)15-10-14(18-21-15)12-6-2-1-3-7-12;/h1-3,6-7,10,13H,4-5,8-9,11,17H2;1H. The monoisotopic (exact) mass is 321 g/mol. The van der Waals surface area contributed by atoms with Crippen molar-refractivity contribution in [3.8, 4) is 11.3 Å². The summed E-state index contributed by atoms with van der Waals surface area (Å²) in [6.07, 6.45) is 3.10. The molecule has 0 bridgehead atoms. The van der Waals surface area contributed by atoms with Gasteiger partial charge in [-0.1, -0.05) is 35.5 Å². The number of benzene rings is 1. The molecule has 6 heteroatoms. The van der Waals surface area contributed by atoms with E-state index >= 15 is 0 Å². The second-order valence-electron chi connectivity index (χ2n) is 5.33. The van der Waals surface area contributed by atoms with Gasteiger partial charge < -0.3 is 15.2 Å². The zero-order valence-electron chi connectivity index (χ0n) is 12.3. The van der Waals surface area contributed by atoms with Crippen LogP contribution in [0, 0.1) is 0 Å². The molecule has 0 spiro atoms. The minimum atomic E-state index is -0.111. The second-order valence-corrected chi connectivity index (χ2v) is 5.33. The van der Waals surface area contributed by atoms with Gasteiger partial charge in [0.05, 0.1) is 0 Å². The van der Waals surface area contributed by atoms with Gasteiger partial charge in [-0.15, -0.1) is 12.4 Å². The third kappa shape index (κ3) is 3.31. The molecule has 1 fully saturated rings. The smallest absolute Gasteiger partial charge is 0.292 e. The average molecular weight is 322 g/mol. The topological polar surface area (TPSA) is 72.4 Å². The number of carbonyl (C=O) groups is 1. The average Bonchev–Trinajstić information content (AvgIpc) is 3.05. The molecule has 0 saturated carbocycles. The van der Waals surface area contributed by atoms with Gasteiger partial charge >= 0.3 is 0 Å². The van der Waals surface area contributed by atoms with E-state index in [9.17, 15) is 4.79 Å². The largest absolute Gasteiger partial charge is 0.350 e. The van der Waals surface area contributed by atoms with Crippen molar-refractivity contribution in [1.29, 1.82) is 0 Å². The van der Waals surface area contributed by atoms with E-state index in [2.05, 4.69) is 5.16 Å². The molecule has 1 amide bonds. The number of rotatable bonds is 3. The Kier molecular flexibility index (Phi) is 5.57. The van der Waals surface area contributed by atoms with Gasteiger partial charge in [-0.2, -0.15) is 0 Å². The first kappa shape index (κ1) is 16.5. The lowest BCUT2D eigenvalue weighted by molar-refractivity contribution is 0.0581. The third-order valence-electron chi connectivity index (χ3n) is 3.95. The fraction of sp³-hybridized carbons (Fsp3) is 0.375. The molecule has 3 rings (SSSR count). The molecule has 0 radical (unpaired) electrons. The summed E-state index contributed by atoms with van der Waals surface area (Å²) in [6, 6.07) is 11.5. The first-order valence-electron chi connectivity index (χ1n) is 7.33. The molecule has 22 heavy (non-hydrogen) atoms. The van der Waals surface area contributed by atoms with Gasteiger partial charge in [0.2, 0.25) is 5.76 Å². The molecule has 1 aromatic heterocycles. The molecule has 1 aliphatic heterocycles. The van der Waals surface area contributed by atoms with Crippen LogP contribution in [-0.2, 0) is 0 Å². The highest BCUT2D eigenvalue weighted by Gasteiger charge is 2.28. The highest BCUT2D eigenvalue weighted by atomic mass is 35.5. The fourth-order valence-electron chi connectivity index (χ4n) is 2.78. The molecule has 2 N–H and O–H groups in total. The van der Waals surface area contributed by atoms with Crippen LogP contribution in [0.25, 0.3) is 11.3 Å². The minimum Gasteiger partial charge on any atom is -0.350 e. The lowest BCUT2D eigenvalue weighted by atomic mass is 10.0. The number of piperidine rings is 1. The number of hydrogen-bond donors (Lipinski definition) is 1. The predicted octanol–water partition coefficient (Wildman–Crippen LogP) is 2.72. The van der Waals surface area contributed by atoms with E-state index in [0.717, 1.165) is 31.4 Å². The molecule has 2 heterocycles. The summed E-state index contributed by atoms with van der Waals surface area (Å²) in [5.74, 6) is 0.175. The Morgan fingerprint density at radius 1 is 1.32 bits per heavy atom. The van der Waals surface area contributed by atoms with Crippen LogP contribution in [0.2, 0.25) is 0 Å². The van der Waals surface area contributed by atoms with Crippen molar-refractivity contribution < 1.29 is 9.32 Å². The lowest BCUT2D eigenvalue weighted by Gasteiger charge is -2.34. The number of hydrogen-bond acceptors (Lipinski definition) is 4. The van der Waals surface area contributed by atoms with Crippen LogP contribution in [-0.4, -0.2) is 35.1 Å². The summed E-state index contributed by atoms with van der Waals surface area (Å²) < 4.78 is 5.24. The number of aromatic nitrogens is 1. The van der Waals surface area contributed by atoms with E-state index in [4.69, 9.17) is 10.3 Å². The molecule has 0 aliphatic carbocycles. The van der Waals surface area contributed by atoms with Crippen molar-refractivity contribution in [1.82, 2.24) is 10.1 Å². The maximum Gasteiger partial charge on any atom is 0.292 e. The van der Waals surface area contributed by atoms with Gasteiger partial charge in [0.1, 0.15) is 5.69 Å². The second kappa shape index (κ2) is 7.42. The Morgan fingerprint density at radius 2 is 2.09 bits per heavy atom. The SMILES string of the molecule is Cl.NCC1CCCCN1C(=O)c1cc(-c2ccccc2)no1. The predicted molar refractivity (Wildman–Crippen MR) is 86.9 cm³/mol. The summed E-state index contributed by atoms with van der Waals surface area (Å²) in [5, 5.41) is 4.00. The summed E-state index contributed by atoms with van der Waals surface area (Å²) >= 11 is 0. The Bertz CT molecular complexity index is 615. The van der Waals surface area contributed by atoms with Crippen LogP contribution >= 0.6 is 12.4 Å². The molecule has 118 valence electrons. The van der Waals surface area contributed by atoms with Crippen molar-refractivity contribution >= 4 is 18.3 Å². The summed E-state index contributed by atoms with van der Waals surface area (Å²) in [7, 11) is 0. The Hall–Kier alpha value is -1.85. The number of nitrogens with zero attached hydrogens (tertiary/aromatic N) is 2. The van der Waals surface area contributed by atoms with Gasteiger partial charge in [0, 0.05) is 30.8 Å². The van der Waals surface area contributed by atoms with Crippen molar-refractivity contribution in [2.45, 2.75) is 25.3 Å². The molecule has 1 unspecified atom stereocenters. The van der Waals surface area contributed by atoms with Crippen LogP contribution in [0.5, 0.6) is 0 Å². The van der Waals surface area contributed by atoms with E-state index in [1.807, 2.05) is 35.2 Å². The normalized spacial score (nSPS) is 17.9. The van der Waals surface area contributed by atoms with E-state index < -0.39 is 0 Å². The Labute approximate surface area is 135 Å².